The Balaban J connectivity index is 4.62. The zero-order valence-corrected chi connectivity index (χ0v) is 11.3. The van der Waals surface area contributed by atoms with Crippen LogP contribution >= 0.6 is 0 Å². The highest BCUT2D eigenvalue weighted by atomic mass is 16.5. The van der Waals surface area contributed by atoms with Crippen molar-refractivity contribution in [3.63, 3.8) is 0 Å². The largest absolute Gasteiger partial charge is 0.469 e. The topological polar surface area (TPSA) is 93.7 Å². The summed E-state index contributed by atoms with van der Waals surface area (Å²) >= 11 is 0. The highest BCUT2D eigenvalue weighted by molar-refractivity contribution is 5.91. The maximum Gasteiger partial charge on any atom is 0.330 e. The van der Waals surface area contributed by atoms with Gasteiger partial charge in [0.2, 0.25) is 5.91 Å². The van der Waals surface area contributed by atoms with Gasteiger partial charge in [0.05, 0.1) is 26.7 Å². The van der Waals surface area contributed by atoms with Crippen LogP contribution in [-0.2, 0) is 23.9 Å². The molecular formula is C11H20N2O5. The Bertz CT molecular complexity index is 327. The number of carbonyl (C=O) groups excluding carboxylic acids is 3. The third kappa shape index (κ3) is 4.70. The molecule has 18 heavy (non-hydrogen) atoms. The Hall–Kier alpha value is -1.63. The van der Waals surface area contributed by atoms with Crippen molar-refractivity contribution >= 4 is 17.8 Å². The van der Waals surface area contributed by atoms with E-state index in [1.54, 1.807) is 7.05 Å². The average molecular weight is 260 g/mol. The van der Waals surface area contributed by atoms with E-state index in [2.05, 4.69) is 20.1 Å². The molecular weight excluding hydrogens is 240 g/mol. The molecule has 0 saturated carbocycles. The number of nitrogens with one attached hydrogen (secondary N) is 2. The molecule has 0 bridgehead atoms. The van der Waals surface area contributed by atoms with Crippen molar-refractivity contribution in [3.8, 4) is 0 Å². The quantitative estimate of drug-likeness (QED) is 0.608. The van der Waals surface area contributed by atoms with Crippen molar-refractivity contribution in [1.29, 1.82) is 0 Å². The van der Waals surface area contributed by atoms with Gasteiger partial charge in [0.25, 0.3) is 0 Å². The van der Waals surface area contributed by atoms with Crippen molar-refractivity contribution in [2.75, 3.05) is 21.3 Å². The van der Waals surface area contributed by atoms with Gasteiger partial charge in [-0.15, -0.1) is 0 Å². The van der Waals surface area contributed by atoms with Gasteiger partial charge in [-0.25, -0.2) is 4.79 Å². The number of ether oxygens (including phenoxy) is 2. The van der Waals surface area contributed by atoms with Crippen LogP contribution < -0.4 is 10.6 Å². The second-order valence-corrected chi connectivity index (χ2v) is 4.23. The summed E-state index contributed by atoms with van der Waals surface area (Å²) < 4.78 is 9.05. The molecule has 7 nitrogen and oxygen atoms in total. The van der Waals surface area contributed by atoms with E-state index in [9.17, 15) is 14.4 Å². The second kappa shape index (κ2) is 6.95. The van der Waals surface area contributed by atoms with Gasteiger partial charge in [0.15, 0.2) is 0 Å². The maximum atomic E-state index is 11.9. The zero-order chi connectivity index (χ0) is 14.3. The fraction of sp³-hybridized carbons (Fsp3) is 0.727. The molecule has 1 amide bonds. The minimum Gasteiger partial charge on any atom is -0.469 e. The number of hydrogen-bond acceptors (Lipinski definition) is 6. The number of rotatable bonds is 6. The Morgan fingerprint density at radius 1 is 1.17 bits per heavy atom. The summed E-state index contributed by atoms with van der Waals surface area (Å²) in [6.45, 7) is 3.03. The van der Waals surface area contributed by atoms with E-state index in [-0.39, 0.29) is 6.42 Å². The van der Waals surface area contributed by atoms with Crippen LogP contribution in [0.3, 0.4) is 0 Å². The highest BCUT2D eigenvalue weighted by Gasteiger charge is 2.33. The van der Waals surface area contributed by atoms with Gasteiger partial charge in [-0.3, -0.25) is 9.59 Å². The van der Waals surface area contributed by atoms with Crippen LogP contribution in [0.5, 0.6) is 0 Å². The summed E-state index contributed by atoms with van der Waals surface area (Å²) in [5.41, 5.74) is -1.16. The first kappa shape index (κ1) is 16.4. The molecule has 0 heterocycles. The first-order chi connectivity index (χ1) is 8.28. The summed E-state index contributed by atoms with van der Waals surface area (Å²) in [6, 6.07) is -0.763. The van der Waals surface area contributed by atoms with Gasteiger partial charge in [0.1, 0.15) is 5.54 Å². The van der Waals surface area contributed by atoms with Crippen LogP contribution in [0.15, 0.2) is 0 Å². The molecule has 0 aromatic carbocycles. The summed E-state index contributed by atoms with van der Waals surface area (Å²) in [5, 5.41) is 5.19. The van der Waals surface area contributed by atoms with Crippen molar-refractivity contribution < 1.29 is 23.9 Å². The van der Waals surface area contributed by atoms with Gasteiger partial charge < -0.3 is 20.1 Å². The van der Waals surface area contributed by atoms with E-state index >= 15 is 0 Å². The fourth-order valence-electron chi connectivity index (χ4n) is 1.28. The fourth-order valence-corrected chi connectivity index (χ4v) is 1.28. The average Bonchev–Trinajstić information content (AvgIpc) is 2.33. The van der Waals surface area contributed by atoms with Crippen molar-refractivity contribution in [2.24, 2.45) is 0 Å². The molecule has 104 valence electrons. The van der Waals surface area contributed by atoms with E-state index in [0.29, 0.717) is 0 Å². The number of likely N-dealkylation sites (N-methyl/N-ethyl adjacent to an activating group) is 1. The predicted molar refractivity (Wildman–Crippen MR) is 63.7 cm³/mol. The summed E-state index contributed by atoms with van der Waals surface area (Å²) in [7, 11) is 4.02. The van der Waals surface area contributed by atoms with Crippen LogP contribution in [0.1, 0.15) is 20.3 Å². The minimum absolute atomic E-state index is 0.115. The van der Waals surface area contributed by atoms with Crippen LogP contribution in [-0.4, -0.2) is 50.7 Å². The Kier molecular flexibility index (Phi) is 6.32. The molecule has 0 spiro atoms. The normalized spacial score (nSPS) is 12.5. The predicted octanol–water partition coefficient (Wildman–Crippen LogP) is -0.795. The summed E-state index contributed by atoms with van der Waals surface area (Å²) in [6.07, 6.45) is -0.115. The lowest BCUT2D eigenvalue weighted by molar-refractivity contribution is -0.150. The molecule has 0 unspecified atom stereocenters. The molecule has 0 aliphatic heterocycles. The molecule has 0 radical (unpaired) electrons. The van der Waals surface area contributed by atoms with Gasteiger partial charge in [-0.2, -0.15) is 0 Å². The summed E-state index contributed by atoms with van der Waals surface area (Å²) in [4.78, 5) is 34.4. The SMILES string of the molecule is CN[C@@H](CC(=O)OC)C(=O)NC(C)(C)C(=O)OC. The lowest BCUT2D eigenvalue weighted by atomic mass is 10.0. The molecule has 1 atom stereocenters. The van der Waals surface area contributed by atoms with E-state index < -0.39 is 29.4 Å². The van der Waals surface area contributed by atoms with Crippen LogP contribution in [0, 0.1) is 0 Å². The molecule has 0 aliphatic rings. The lowest BCUT2D eigenvalue weighted by Crippen LogP contribution is -2.55. The van der Waals surface area contributed by atoms with Crippen molar-refractivity contribution in [3.05, 3.63) is 0 Å². The molecule has 0 aliphatic carbocycles. The van der Waals surface area contributed by atoms with E-state index in [1.807, 2.05) is 0 Å². The Labute approximate surface area is 106 Å². The van der Waals surface area contributed by atoms with Crippen molar-refractivity contribution in [2.45, 2.75) is 31.8 Å². The third-order valence-electron chi connectivity index (χ3n) is 2.39. The van der Waals surface area contributed by atoms with Crippen LogP contribution in [0.25, 0.3) is 0 Å². The van der Waals surface area contributed by atoms with Crippen LogP contribution in [0.4, 0.5) is 0 Å². The minimum atomic E-state index is -1.16. The van der Waals surface area contributed by atoms with Crippen LogP contribution in [0.2, 0.25) is 0 Å². The molecule has 0 aromatic rings. The maximum absolute atomic E-state index is 11.9. The van der Waals surface area contributed by atoms with Gasteiger partial charge in [0, 0.05) is 0 Å². The molecule has 0 fully saturated rings. The number of carbonyl (C=O) groups is 3. The number of methoxy groups -OCH3 is 2. The van der Waals surface area contributed by atoms with Gasteiger partial charge in [-0.05, 0) is 20.9 Å². The molecule has 7 heteroatoms. The van der Waals surface area contributed by atoms with E-state index in [0.717, 1.165) is 0 Å². The first-order valence-electron chi connectivity index (χ1n) is 5.43. The molecule has 2 N–H and O–H groups in total. The monoisotopic (exact) mass is 260 g/mol. The van der Waals surface area contributed by atoms with Gasteiger partial charge >= 0.3 is 11.9 Å². The first-order valence-corrected chi connectivity index (χ1v) is 5.43. The standard InChI is InChI=1S/C11H20N2O5/c1-11(2,10(16)18-5)13-9(15)7(12-3)6-8(14)17-4/h7,12H,6H2,1-5H3,(H,13,15)/t7-/m0/s1. The smallest absolute Gasteiger partial charge is 0.330 e. The molecule has 0 aromatic heterocycles. The second-order valence-electron chi connectivity index (χ2n) is 4.23. The Morgan fingerprint density at radius 2 is 1.72 bits per heavy atom. The van der Waals surface area contributed by atoms with Gasteiger partial charge in [-0.1, -0.05) is 0 Å². The van der Waals surface area contributed by atoms with E-state index in [1.165, 1.54) is 28.1 Å². The Morgan fingerprint density at radius 3 is 2.11 bits per heavy atom. The molecule has 0 saturated heterocycles. The number of hydrogen-bond donors (Lipinski definition) is 2. The number of esters is 2. The van der Waals surface area contributed by atoms with E-state index in [4.69, 9.17) is 0 Å². The third-order valence-corrected chi connectivity index (χ3v) is 2.39. The lowest BCUT2D eigenvalue weighted by Gasteiger charge is -2.25. The number of amides is 1. The summed E-state index contributed by atoms with van der Waals surface area (Å²) in [5.74, 6) is -1.55. The highest BCUT2D eigenvalue weighted by Crippen LogP contribution is 2.06. The zero-order valence-electron chi connectivity index (χ0n) is 11.3. The molecule has 0 rings (SSSR count). The van der Waals surface area contributed by atoms with Crippen molar-refractivity contribution in [1.82, 2.24) is 10.6 Å².